The van der Waals surface area contributed by atoms with E-state index in [1.807, 2.05) is 6.07 Å². The van der Waals surface area contributed by atoms with E-state index < -0.39 is 5.97 Å². The first-order valence-corrected chi connectivity index (χ1v) is 5.33. The molecule has 0 amide bonds. The Morgan fingerprint density at radius 1 is 1.17 bits per heavy atom. The molecule has 18 heavy (non-hydrogen) atoms. The number of nitrogens with zero attached hydrogens (tertiary/aromatic N) is 1. The number of ether oxygens (including phenoxy) is 1. The molecular formula is C14H11NO3. The van der Waals surface area contributed by atoms with Crippen molar-refractivity contribution in [2.45, 2.75) is 0 Å². The molecule has 90 valence electrons. The summed E-state index contributed by atoms with van der Waals surface area (Å²) in [5, 5.41) is 8.51. The normalized spacial score (nSPS) is 10.4. The number of hydrogen-bond acceptors (Lipinski definition) is 3. The van der Waals surface area contributed by atoms with E-state index in [-0.39, 0.29) is 0 Å². The number of rotatable bonds is 4. The Morgan fingerprint density at radius 2 is 1.94 bits per heavy atom. The molecule has 1 aromatic heterocycles. The minimum absolute atomic E-state index is 0.659. The second-order valence-corrected chi connectivity index (χ2v) is 3.53. The molecule has 0 saturated carbocycles. The minimum Gasteiger partial charge on any atom is -0.478 e. The molecule has 0 unspecified atom stereocenters. The maximum absolute atomic E-state index is 10.4. The van der Waals surface area contributed by atoms with Crippen molar-refractivity contribution in [2.24, 2.45) is 0 Å². The van der Waals surface area contributed by atoms with Gasteiger partial charge in [0.2, 0.25) is 0 Å². The third-order valence-corrected chi connectivity index (χ3v) is 2.17. The highest BCUT2D eigenvalue weighted by Gasteiger charge is 1.96. The average molecular weight is 241 g/mol. The van der Waals surface area contributed by atoms with Gasteiger partial charge in [-0.1, -0.05) is 12.1 Å². The first kappa shape index (κ1) is 11.9. The van der Waals surface area contributed by atoms with Crippen LogP contribution in [0, 0.1) is 0 Å². The van der Waals surface area contributed by atoms with Crippen LogP contribution >= 0.6 is 0 Å². The summed E-state index contributed by atoms with van der Waals surface area (Å²) in [4.78, 5) is 14.3. The molecule has 0 bridgehead atoms. The van der Waals surface area contributed by atoms with Crippen LogP contribution in [0.4, 0.5) is 0 Å². The third-order valence-electron chi connectivity index (χ3n) is 2.17. The third kappa shape index (κ3) is 3.45. The van der Waals surface area contributed by atoms with Gasteiger partial charge in [-0.05, 0) is 35.9 Å². The second kappa shape index (κ2) is 5.63. The number of carboxylic acid groups (broad SMARTS) is 1. The molecule has 0 radical (unpaired) electrons. The first-order valence-electron chi connectivity index (χ1n) is 5.33. The number of benzene rings is 1. The molecule has 4 nitrogen and oxygen atoms in total. The number of carboxylic acids is 1. The number of aliphatic carboxylic acids is 1. The van der Waals surface area contributed by atoms with Gasteiger partial charge in [-0.3, -0.25) is 4.98 Å². The SMILES string of the molecule is O=C(O)/C=C/c1ccc(Oc2cccnc2)cc1. The van der Waals surface area contributed by atoms with Gasteiger partial charge in [-0.2, -0.15) is 0 Å². The van der Waals surface area contributed by atoms with Crippen LogP contribution in [0.5, 0.6) is 11.5 Å². The van der Waals surface area contributed by atoms with Gasteiger partial charge < -0.3 is 9.84 Å². The van der Waals surface area contributed by atoms with Gasteiger partial charge in [-0.25, -0.2) is 4.79 Å². The van der Waals surface area contributed by atoms with E-state index in [2.05, 4.69) is 4.98 Å². The molecule has 1 heterocycles. The van der Waals surface area contributed by atoms with Crippen LogP contribution in [0.15, 0.2) is 54.9 Å². The van der Waals surface area contributed by atoms with Crippen LogP contribution in [-0.4, -0.2) is 16.1 Å². The van der Waals surface area contributed by atoms with Gasteiger partial charge >= 0.3 is 5.97 Å². The standard InChI is InChI=1S/C14H11NO3/c16-14(17)8-5-11-3-6-12(7-4-11)18-13-2-1-9-15-10-13/h1-10H,(H,16,17)/b8-5+. The molecular weight excluding hydrogens is 230 g/mol. The molecule has 0 spiro atoms. The number of aromatic nitrogens is 1. The summed E-state index contributed by atoms with van der Waals surface area (Å²) in [6, 6.07) is 10.7. The highest BCUT2D eigenvalue weighted by atomic mass is 16.5. The fraction of sp³-hybridized carbons (Fsp3) is 0. The van der Waals surface area contributed by atoms with Crippen LogP contribution in [-0.2, 0) is 4.79 Å². The van der Waals surface area contributed by atoms with E-state index in [9.17, 15) is 4.79 Å². The largest absolute Gasteiger partial charge is 0.478 e. The molecule has 1 aromatic carbocycles. The van der Waals surface area contributed by atoms with Crippen LogP contribution in [0.1, 0.15) is 5.56 Å². The Morgan fingerprint density at radius 3 is 2.56 bits per heavy atom. The molecule has 0 saturated heterocycles. The summed E-state index contributed by atoms with van der Waals surface area (Å²) < 4.78 is 5.56. The predicted molar refractivity (Wildman–Crippen MR) is 67.4 cm³/mol. The van der Waals surface area contributed by atoms with Gasteiger partial charge in [0.15, 0.2) is 0 Å². The average Bonchev–Trinajstić information content (AvgIpc) is 2.39. The Labute approximate surface area is 104 Å². The predicted octanol–water partition coefficient (Wildman–Crippen LogP) is 2.97. The zero-order chi connectivity index (χ0) is 12.8. The molecule has 0 atom stereocenters. The van der Waals surface area contributed by atoms with Crippen LogP contribution < -0.4 is 4.74 Å². The smallest absolute Gasteiger partial charge is 0.328 e. The van der Waals surface area contributed by atoms with E-state index in [0.29, 0.717) is 11.5 Å². The topological polar surface area (TPSA) is 59.4 Å². The van der Waals surface area contributed by atoms with Gasteiger partial charge in [0.1, 0.15) is 11.5 Å². The summed E-state index contributed by atoms with van der Waals surface area (Å²) in [7, 11) is 0. The maximum Gasteiger partial charge on any atom is 0.328 e. The van der Waals surface area contributed by atoms with E-state index in [0.717, 1.165) is 11.6 Å². The lowest BCUT2D eigenvalue weighted by atomic mass is 10.2. The Hall–Kier alpha value is -2.62. The van der Waals surface area contributed by atoms with Gasteiger partial charge in [-0.15, -0.1) is 0 Å². The highest BCUT2D eigenvalue weighted by Crippen LogP contribution is 2.20. The van der Waals surface area contributed by atoms with Crippen molar-refractivity contribution < 1.29 is 14.6 Å². The zero-order valence-electron chi connectivity index (χ0n) is 9.48. The van der Waals surface area contributed by atoms with Crippen molar-refractivity contribution in [2.75, 3.05) is 0 Å². The van der Waals surface area contributed by atoms with Gasteiger partial charge in [0.25, 0.3) is 0 Å². The Kier molecular flexibility index (Phi) is 3.71. The lowest BCUT2D eigenvalue weighted by molar-refractivity contribution is -0.131. The molecule has 1 N–H and O–H groups in total. The number of carbonyl (C=O) groups is 1. The van der Waals surface area contributed by atoms with Crippen LogP contribution in [0.25, 0.3) is 6.08 Å². The zero-order valence-corrected chi connectivity index (χ0v) is 9.48. The fourth-order valence-corrected chi connectivity index (χ4v) is 1.36. The monoisotopic (exact) mass is 241 g/mol. The molecule has 0 aliphatic rings. The summed E-state index contributed by atoms with van der Waals surface area (Å²) in [6.07, 6.45) is 5.91. The van der Waals surface area contributed by atoms with Crippen molar-refractivity contribution in [1.29, 1.82) is 0 Å². The Bertz CT molecular complexity index is 547. The molecule has 0 aliphatic heterocycles. The quantitative estimate of drug-likeness (QED) is 0.836. The lowest BCUT2D eigenvalue weighted by Gasteiger charge is -2.04. The minimum atomic E-state index is -0.967. The van der Waals surface area contributed by atoms with Crippen molar-refractivity contribution in [1.82, 2.24) is 4.98 Å². The fourth-order valence-electron chi connectivity index (χ4n) is 1.36. The van der Waals surface area contributed by atoms with Crippen LogP contribution in [0.2, 0.25) is 0 Å². The maximum atomic E-state index is 10.4. The second-order valence-electron chi connectivity index (χ2n) is 3.53. The summed E-state index contributed by atoms with van der Waals surface area (Å²) in [5.74, 6) is 0.368. The van der Waals surface area contributed by atoms with Gasteiger partial charge in [0.05, 0.1) is 6.20 Å². The van der Waals surface area contributed by atoms with Crippen LogP contribution in [0.3, 0.4) is 0 Å². The molecule has 2 aromatic rings. The van der Waals surface area contributed by atoms with E-state index in [1.165, 1.54) is 6.08 Å². The molecule has 0 aliphatic carbocycles. The van der Waals surface area contributed by atoms with Crippen molar-refractivity contribution in [3.8, 4) is 11.5 Å². The molecule has 0 fully saturated rings. The van der Waals surface area contributed by atoms with Gasteiger partial charge in [0, 0.05) is 12.3 Å². The number of hydrogen-bond donors (Lipinski definition) is 1. The number of pyridine rings is 1. The summed E-state index contributed by atoms with van der Waals surface area (Å²) in [5.41, 5.74) is 0.802. The van der Waals surface area contributed by atoms with E-state index >= 15 is 0 Å². The molecule has 2 rings (SSSR count). The summed E-state index contributed by atoms with van der Waals surface area (Å²) in [6.45, 7) is 0. The Balaban J connectivity index is 2.06. The summed E-state index contributed by atoms with van der Waals surface area (Å²) >= 11 is 0. The van der Waals surface area contributed by atoms with Crippen molar-refractivity contribution in [3.63, 3.8) is 0 Å². The van der Waals surface area contributed by atoms with Crippen molar-refractivity contribution in [3.05, 3.63) is 60.4 Å². The lowest BCUT2D eigenvalue weighted by Crippen LogP contribution is -1.86. The van der Waals surface area contributed by atoms with E-state index in [1.54, 1.807) is 42.7 Å². The highest BCUT2D eigenvalue weighted by molar-refractivity contribution is 5.85. The van der Waals surface area contributed by atoms with Crippen molar-refractivity contribution >= 4 is 12.0 Å². The molecule has 4 heteroatoms. The van der Waals surface area contributed by atoms with E-state index in [4.69, 9.17) is 9.84 Å². The first-order chi connectivity index (χ1) is 8.74.